The summed E-state index contributed by atoms with van der Waals surface area (Å²) in [6.45, 7) is 0. The molecule has 110 valence electrons. The molecule has 0 spiro atoms. The lowest BCUT2D eigenvalue weighted by Gasteiger charge is -2.45. The van der Waals surface area contributed by atoms with Crippen molar-refractivity contribution in [3.63, 3.8) is 0 Å². The lowest BCUT2D eigenvalue weighted by atomic mass is 9.71. The lowest BCUT2D eigenvalue weighted by Crippen LogP contribution is -2.44. The number of halogens is 1. The van der Waals surface area contributed by atoms with Gasteiger partial charge in [0, 0.05) is 29.0 Å². The van der Waals surface area contributed by atoms with E-state index in [2.05, 4.69) is 101 Å². The summed E-state index contributed by atoms with van der Waals surface area (Å²) in [6, 6.07) is 18.0. The van der Waals surface area contributed by atoms with E-state index >= 15 is 0 Å². The van der Waals surface area contributed by atoms with E-state index in [9.17, 15) is 0 Å². The predicted octanol–water partition coefficient (Wildman–Crippen LogP) is 5.14. The second-order valence-corrected chi connectivity index (χ2v) is 6.96. The van der Waals surface area contributed by atoms with Crippen molar-refractivity contribution in [1.29, 1.82) is 0 Å². The molecule has 3 unspecified atom stereocenters. The van der Waals surface area contributed by atoms with Gasteiger partial charge in [0.2, 0.25) is 0 Å². The maximum absolute atomic E-state index is 3.63. The molecule has 1 heterocycles. The quantitative estimate of drug-likeness (QED) is 0.687. The summed E-state index contributed by atoms with van der Waals surface area (Å²) >= 11 is 3.63. The molecule has 1 nitrogen and oxygen atoms in total. The Kier molecular flexibility index (Phi) is 3.42. The van der Waals surface area contributed by atoms with E-state index in [0.717, 1.165) is 4.47 Å². The molecule has 1 aliphatic carbocycles. The Morgan fingerprint density at radius 1 is 0.955 bits per heavy atom. The Hall–Kier alpha value is -1.80. The van der Waals surface area contributed by atoms with Crippen LogP contribution >= 0.6 is 15.9 Å². The van der Waals surface area contributed by atoms with Crippen LogP contribution < -0.4 is 4.90 Å². The van der Waals surface area contributed by atoms with Crippen molar-refractivity contribution >= 4 is 21.6 Å². The number of hydrogen-bond acceptors (Lipinski definition) is 1. The minimum Gasteiger partial charge on any atom is -0.367 e. The average molecular weight is 352 g/mol. The first-order chi connectivity index (χ1) is 10.8. The maximum atomic E-state index is 3.63. The molecule has 2 heteroatoms. The normalized spacial score (nSPS) is 25.7. The number of benzene rings is 2. The summed E-state index contributed by atoms with van der Waals surface area (Å²) in [7, 11) is 2.21. The standard InChI is InChI=1S/C20H18BrN/c1-22-18-11-4-2-9-16(18)20(14-7-6-8-15(21)13-14)17-10-3-5-12-19(17)22/h2-13,16,18,20H,1H3. The first-order valence-electron chi connectivity index (χ1n) is 7.68. The van der Waals surface area contributed by atoms with E-state index in [1.807, 2.05) is 0 Å². The fraction of sp³-hybridized carbons (Fsp3) is 0.200. The second-order valence-electron chi connectivity index (χ2n) is 6.04. The molecular weight excluding hydrogens is 334 g/mol. The van der Waals surface area contributed by atoms with Crippen LogP contribution in [-0.4, -0.2) is 13.1 Å². The van der Waals surface area contributed by atoms with Crippen molar-refractivity contribution < 1.29 is 0 Å². The summed E-state index contributed by atoms with van der Waals surface area (Å²) in [6.07, 6.45) is 9.05. The minimum absolute atomic E-state index is 0.399. The zero-order chi connectivity index (χ0) is 15.1. The number of nitrogens with zero attached hydrogens (tertiary/aromatic N) is 1. The van der Waals surface area contributed by atoms with E-state index in [0.29, 0.717) is 17.9 Å². The molecule has 2 aliphatic rings. The first kappa shape index (κ1) is 13.8. The Morgan fingerprint density at radius 2 is 1.77 bits per heavy atom. The molecule has 0 saturated heterocycles. The lowest BCUT2D eigenvalue weighted by molar-refractivity contribution is 0.468. The molecule has 0 saturated carbocycles. The van der Waals surface area contributed by atoms with Crippen LogP contribution in [0.1, 0.15) is 17.0 Å². The summed E-state index contributed by atoms with van der Waals surface area (Å²) in [5.74, 6) is 0.871. The second kappa shape index (κ2) is 5.44. The molecule has 0 bridgehead atoms. The zero-order valence-electron chi connectivity index (χ0n) is 12.5. The first-order valence-corrected chi connectivity index (χ1v) is 8.47. The summed E-state index contributed by atoms with van der Waals surface area (Å²) in [5, 5.41) is 0. The predicted molar refractivity (Wildman–Crippen MR) is 96.4 cm³/mol. The third kappa shape index (κ3) is 2.14. The molecule has 2 aromatic rings. The third-order valence-electron chi connectivity index (χ3n) is 4.84. The zero-order valence-corrected chi connectivity index (χ0v) is 14.1. The van der Waals surface area contributed by atoms with Gasteiger partial charge in [-0.25, -0.2) is 0 Å². The van der Waals surface area contributed by atoms with E-state index in [1.54, 1.807) is 0 Å². The highest BCUT2D eigenvalue weighted by molar-refractivity contribution is 9.10. The Balaban J connectivity index is 1.92. The Labute approximate surface area is 140 Å². The van der Waals surface area contributed by atoms with Crippen LogP contribution in [0.2, 0.25) is 0 Å². The molecule has 4 rings (SSSR count). The van der Waals surface area contributed by atoms with Crippen molar-refractivity contribution in [2.75, 3.05) is 11.9 Å². The summed E-state index contributed by atoms with van der Waals surface area (Å²) in [5.41, 5.74) is 4.14. The van der Waals surface area contributed by atoms with Crippen LogP contribution in [0.4, 0.5) is 5.69 Å². The molecular formula is C20H18BrN. The van der Waals surface area contributed by atoms with Gasteiger partial charge >= 0.3 is 0 Å². The van der Waals surface area contributed by atoms with Gasteiger partial charge in [-0.05, 0) is 29.3 Å². The van der Waals surface area contributed by atoms with Crippen LogP contribution in [-0.2, 0) is 0 Å². The van der Waals surface area contributed by atoms with Gasteiger partial charge in [-0.15, -0.1) is 0 Å². The van der Waals surface area contributed by atoms with Crippen LogP contribution in [0.5, 0.6) is 0 Å². The SMILES string of the molecule is CN1c2ccccc2C(c2cccc(Br)c2)C2C=CC=CC21. The van der Waals surface area contributed by atoms with Gasteiger partial charge in [-0.1, -0.05) is 70.6 Å². The molecule has 0 fully saturated rings. The summed E-state index contributed by atoms with van der Waals surface area (Å²) in [4.78, 5) is 2.41. The third-order valence-corrected chi connectivity index (χ3v) is 5.33. The Bertz CT molecular complexity index is 762. The topological polar surface area (TPSA) is 3.24 Å². The van der Waals surface area contributed by atoms with Gasteiger partial charge in [0.1, 0.15) is 0 Å². The average Bonchev–Trinajstić information content (AvgIpc) is 2.55. The van der Waals surface area contributed by atoms with Crippen molar-refractivity contribution in [1.82, 2.24) is 0 Å². The highest BCUT2D eigenvalue weighted by Crippen LogP contribution is 2.47. The molecule has 0 aromatic heterocycles. The molecule has 1 aliphatic heterocycles. The van der Waals surface area contributed by atoms with Gasteiger partial charge in [0.15, 0.2) is 0 Å². The number of hydrogen-bond donors (Lipinski definition) is 0. The van der Waals surface area contributed by atoms with Crippen LogP contribution in [0.3, 0.4) is 0 Å². The van der Waals surface area contributed by atoms with Crippen LogP contribution in [0.25, 0.3) is 0 Å². The fourth-order valence-electron chi connectivity index (χ4n) is 3.85. The van der Waals surface area contributed by atoms with Gasteiger partial charge in [0.05, 0.1) is 6.04 Å². The molecule has 0 radical (unpaired) electrons. The van der Waals surface area contributed by atoms with Crippen molar-refractivity contribution in [3.8, 4) is 0 Å². The molecule has 3 atom stereocenters. The number of para-hydroxylation sites is 1. The van der Waals surface area contributed by atoms with E-state index < -0.39 is 0 Å². The monoisotopic (exact) mass is 351 g/mol. The highest BCUT2D eigenvalue weighted by atomic mass is 79.9. The number of likely N-dealkylation sites (N-methyl/N-ethyl adjacent to an activating group) is 1. The Morgan fingerprint density at radius 3 is 2.64 bits per heavy atom. The molecule has 22 heavy (non-hydrogen) atoms. The van der Waals surface area contributed by atoms with Crippen molar-refractivity contribution in [2.45, 2.75) is 12.0 Å². The number of allylic oxidation sites excluding steroid dienone is 2. The van der Waals surface area contributed by atoms with Gasteiger partial charge in [0.25, 0.3) is 0 Å². The number of anilines is 1. The van der Waals surface area contributed by atoms with Crippen molar-refractivity contribution in [3.05, 3.63) is 88.4 Å². The smallest absolute Gasteiger partial charge is 0.0544 e. The van der Waals surface area contributed by atoms with Crippen LogP contribution in [0.15, 0.2) is 77.3 Å². The number of rotatable bonds is 1. The van der Waals surface area contributed by atoms with E-state index in [1.165, 1.54) is 16.8 Å². The van der Waals surface area contributed by atoms with Crippen LogP contribution in [0, 0.1) is 5.92 Å². The molecule has 0 amide bonds. The van der Waals surface area contributed by atoms with Crippen molar-refractivity contribution in [2.24, 2.45) is 5.92 Å². The highest BCUT2D eigenvalue weighted by Gasteiger charge is 2.38. The van der Waals surface area contributed by atoms with E-state index in [-0.39, 0.29) is 0 Å². The van der Waals surface area contributed by atoms with Gasteiger partial charge < -0.3 is 4.90 Å². The van der Waals surface area contributed by atoms with E-state index in [4.69, 9.17) is 0 Å². The minimum atomic E-state index is 0.399. The largest absolute Gasteiger partial charge is 0.367 e. The van der Waals surface area contributed by atoms with Gasteiger partial charge in [-0.3, -0.25) is 0 Å². The molecule has 0 N–H and O–H groups in total. The fourth-order valence-corrected chi connectivity index (χ4v) is 4.27. The maximum Gasteiger partial charge on any atom is 0.0544 e. The number of fused-ring (bicyclic) bond motifs is 2. The van der Waals surface area contributed by atoms with Gasteiger partial charge in [-0.2, -0.15) is 0 Å². The summed E-state index contributed by atoms with van der Waals surface area (Å²) < 4.78 is 1.15. The molecule has 2 aromatic carbocycles.